The molecular weight excluding hydrogens is 730 g/mol. The largest absolute Gasteiger partial charge is 0.484 e. The molecule has 5 atom stereocenters. The molecule has 4 amide bonds. The fourth-order valence-electron chi connectivity index (χ4n) is 7.78. The molecular formula is C40H42FN5O8S. The molecule has 4 aromatic rings. The van der Waals surface area contributed by atoms with Crippen LogP contribution in [0.3, 0.4) is 0 Å². The van der Waals surface area contributed by atoms with E-state index in [0.29, 0.717) is 65.8 Å². The lowest BCUT2D eigenvalue weighted by atomic mass is 10.0. The van der Waals surface area contributed by atoms with E-state index in [2.05, 4.69) is 15.4 Å². The third-order valence-electron chi connectivity index (χ3n) is 10.9. The summed E-state index contributed by atoms with van der Waals surface area (Å²) >= 11 is 0. The van der Waals surface area contributed by atoms with Crippen LogP contribution in [0.2, 0.25) is 0 Å². The number of carbonyl (C=O) groups excluding carboxylic acids is 4. The first-order valence-corrected chi connectivity index (χ1v) is 20.3. The van der Waals surface area contributed by atoms with E-state index < -0.39 is 74.4 Å². The van der Waals surface area contributed by atoms with Crippen molar-refractivity contribution in [2.24, 2.45) is 5.92 Å². The minimum absolute atomic E-state index is 0.0128. The number of benzene rings is 2. The van der Waals surface area contributed by atoms with Gasteiger partial charge in [0, 0.05) is 36.3 Å². The van der Waals surface area contributed by atoms with Crippen molar-refractivity contribution in [1.29, 1.82) is 0 Å². The monoisotopic (exact) mass is 771 g/mol. The van der Waals surface area contributed by atoms with Crippen LogP contribution in [0.25, 0.3) is 33.3 Å². The highest BCUT2D eigenvalue weighted by Crippen LogP contribution is 2.46. The zero-order chi connectivity index (χ0) is 38.5. The number of halogens is 1. The first kappa shape index (κ1) is 36.7. The second kappa shape index (κ2) is 14.4. The highest BCUT2D eigenvalue weighted by atomic mass is 32.2. The van der Waals surface area contributed by atoms with Crippen molar-refractivity contribution in [3.63, 3.8) is 0 Å². The lowest BCUT2D eigenvalue weighted by Gasteiger charge is -2.29. The SMILES string of the molecule is CC(=O)N[C@H]1CCCCCC=C[C@@H]2C[C@@]2(C(=O)NS(=O)(=O)C2CC2)NC(=O)[C@@H]2C[C@@H](Oc3cc(-c4ccc(F)cc4)nc4c3oc3ccccc34)CN2C1=O. The van der Waals surface area contributed by atoms with Gasteiger partial charge in [0.1, 0.15) is 40.6 Å². The van der Waals surface area contributed by atoms with Crippen molar-refractivity contribution in [1.82, 2.24) is 25.2 Å². The number of hydrogen-bond donors (Lipinski definition) is 3. The van der Waals surface area contributed by atoms with Crippen molar-refractivity contribution >= 4 is 55.7 Å². The minimum Gasteiger partial charge on any atom is -0.484 e. The number of nitrogens with zero attached hydrogens (tertiary/aromatic N) is 2. The summed E-state index contributed by atoms with van der Waals surface area (Å²) in [5.74, 6) is -2.84. The Labute approximate surface area is 317 Å². The van der Waals surface area contributed by atoms with Crippen molar-refractivity contribution in [3.8, 4) is 17.0 Å². The number of fused-ring (bicyclic) bond motifs is 5. The van der Waals surface area contributed by atoms with Gasteiger partial charge in [0.25, 0.3) is 5.91 Å². The zero-order valence-electron chi connectivity index (χ0n) is 30.3. The van der Waals surface area contributed by atoms with Crippen molar-refractivity contribution < 1.29 is 41.1 Å². The smallest absolute Gasteiger partial charge is 0.259 e. The van der Waals surface area contributed by atoms with Crippen molar-refractivity contribution in [2.75, 3.05) is 6.54 Å². The number of furan rings is 1. The van der Waals surface area contributed by atoms with E-state index in [1.165, 1.54) is 24.0 Å². The number of para-hydroxylation sites is 1. The molecule has 2 aromatic heterocycles. The van der Waals surface area contributed by atoms with E-state index in [1.807, 2.05) is 30.4 Å². The molecule has 2 saturated carbocycles. The number of rotatable bonds is 7. The van der Waals surface area contributed by atoms with Gasteiger partial charge in [-0.25, -0.2) is 17.8 Å². The molecule has 0 radical (unpaired) electrons. The lowest BCUT2D eigenvalue weighted by Crippen LogP contribution is -2.58. The van der Waals surface area contributed by atoms with Gasteiger partial charge in [-0.05, 0) is 74.9 Å². The number of carbonyl (C=O) groups is 4. The number of hydrogen-bond acceptors (Lipinski definition) is 9. The standard InChI is InChI=1S/C40H42FN5O8S/c1-23(47)42-30-11-6-4-2-3-5-9-25-21-40(25,39(50)45-55(51,52)28-17-18-28)44-37(48)32-19-27(22-46(32)38(30)49)53-34-20-31(24-13-15-26(41)16-14-24)43-35-29-10-7-8-12-33(29)54-36(34)35/h5,7-10,12-16,20,25,27-28,30,32H,2-4,6,11,17-19,21-22H2,1H3,(H,42,47)(H,44,48)(H,45,50)/t25-,27-,30+,32+,40-/m1/s1. The van der Waals surface area contributed by atoms with Gasteiger partial charge in [0.2, 0.25) is 27.7 Å². The predicted octanol–water partition coefficient (Wildman–Crippen LogP) is 4.64. The van der Waals surface area contributed by atoms with E-state index in [-0.39, 0.29) is 19.4 Å². The third-order valence-corrected chi connectivity index (χ3v) is 12.8. The van der Waals surface area contributed by atoms with Crippen LogP contribution in [0, 0.1) is 11.7 Å². The number of sulfonamides is 1. The van der Waals surface area contributed by atoms with Crippen LogP contribution in [0.1, 0.15) is 64.7 Å². The first-order chi connectivity index (χ1) is 26.4. The quantitative estimate of drug-likeness (QED) is 0.226. The minimum atomic E-state index is -3.90. The molecule has 15 heteroatoms. The molecule has 4 aliphatic rings. The van der Waals surface area contributed by atoms with E-state index in [4.69, 9.17) is 14.1 Å². The number of nitrogens with one attached hydrogen (secondary N) is 3. The maximum absolute atomic E-state index is 14.4. The van der Waals surface area contributed by atoms with Crippen LogP contribution in [0.5, 0.6) is 5.75 Å². The molecule has 13 nitrogen and oxygen atoms in total. The molecule has 0 unspecified atom stereocenters. The highest BCUT2D eigenvalue weighted by molar-refractivity contribution is 7.91. The van der Waals surface area contributed by atoms with Crippen LogP contribution >= 0.6 is 0 Å². The van der Waals surface area contributed by atoms with Crippen LogP contribution in [0.15, 0.2) is 71.2 Å². The molecule has 4 heterocycles. The molecule has 3 fully saturated rings. The summed E-state index contributed by atoms with van der Waals surface area (Å²) in [5, 5.41) is 5.74. The second-order valence-corrected chi connectivity index (χ2v) is 17.0. The maximum atomic E-state index is 14.4. The summed E-state index contributed by atoms with van der Waals surface area (Å²) in [7, 11) is -3.90. The van der Waals surface area contributed by atoms with E-state index in [9.17, 15) is 32.0 Å². The highest BCUT2D eigenvalue weighted by Gasteiger charge is 2.62. The normalized spacial score (nSPS) is 26.0. The predicted molar refractivity (Wildman–Crippen MR) is 200 cm³/mol. The number of amides is 4. The molecule has 2 aromatic carbocycles. The summed E-state index contributed by atoms with van der Waals surface area (Å²) in [5.41, 5.74) is 1.04. The van der Waals surface area contributed by atoms with Gasteiger partial charge in [0.15, 0.2) is 11.3 Å². The number of ether oxygens (including phenoxy) is 1. The van der Waals surface area contributed by atoms with Gasteiger partial charge in [-0.15, -0.1) is 0 Å². The van der Waals surface area contributed by atoms with Gasteiger partial charge in [-0.3, -0.25) is 23.9 Å². The van der Waals surface area contributed by atoms with Gasteiger partial charge < -0.3 is 24.7 Å². The summed E-state index contributed by atoms with van der Waals surface area (Å²) in [4.78, 5) is 61.0. The number of aromatic nitrogens is 1. The molecule has 0 spiro atoms. The Hall–Kier alpha value is -5.31. The Bertz CT molecular complexity index is 2320. The van der Waals surface area contributed by atoms with Crippen molar-refractivity contribution in [2.45, 2.75) is 93.7 Å². The molecule has 288 valence electrons. The molecule has 1 saturated heterocycles. The van der Waals surface area contributed by atoms with Gasteiger partial charge in [-0.1, -0.05) is 37.1 Å². The Morgan fingerprint density at radius 2 is 1.84 bits per heavy atom. The fraction of sp³-hybridized carbons (Fsp3) is 0.425. The second-order valence-electron chi connectivity index (χ2n) is 15.0. The van der Waals surface area contributed by atoms with Crippen LogP contribution in [0.4, 0.5) is 4.39 Å². The van der Waals surface area contributed by atoms with E-state index in [1.54, 1.807) is 24.3 Å². The molecule has 2 aliphatic heterocycles. The topological polar surface area (TPSA) is 177 Å². The molecule has 2 aliphatic carbocycles. The summed E-state index contributed by atoms with van der Waals surface area (Å²) < 4.78 is 54.6. The zero-order valence-corrected chi connectivity index (χ0v) is 31.1. The molecule has 0 bridgehead atoms. The maximum Gasteiger partial charge on any atom is 0.259 e. The van der Waals surface area contributed by atoms with E-state index >= 15 is 0 Å². The molecule has 55 heavy (non-hydrogen) atoms. The summed E-state index contributed by atoms with van der Waals surface area (Å²) in [6.07, 6.45) is 7.46. The summed E-state index contributed by atoms with van der Waals surface area (Å²) in [6, 6.07) is 12.9. The lowest BCUT2D eigenvalue weighted by molar-refractivity contribution is -0.142. The van der Waals surface area contributed by atoms with E-state index in [0.717, 1.165) is 18.2 Å². The van der Waals surface area contributed by atoms with Crippen LogP contribution in [-0.2, 0) is 29.2 Å². The summed E-state index contributed by atoms with van der Waals surface area (Å²) in [6.45, 7) is 1.29. The Morgan fingerprint density at radius 3 is 2.60 bits per heavy atom. The van der Waals surface area contributed by atoms with Crippen LogP contribution in [-0.4, -0.2) is 77.5 Å². The van der Waals surface area contributed by atoms with Crippen molar-refractivity contribution in [3.05, 3.63) is 72.6 Å². The Kier molecular flexibility index (Phi) is 9.60. The third kappa shape index (κ3) is 7.41. The average Bonchev–Trinajstić information content (AvgIpc) is 4.05. The average molecular weight is 772 g/mol. The fourth-order valence-corrected chi connectivity index (χ4v) is 9.14. The Morgan fingerprint density at radius 1 is 1.05 bits per heavy atom. The number of allylic oxidation sites excluding steroid dienone is 1. The van der Waals surface area contributed by atoms with Crippen LogP contribution < -0.4 is 20.1 Å². The van der Waals surface area contributed by atoms with Gasteiger partial charge in [-0.2, -0.15) is 0 Å². The van der Waals surface area contributed by atoms with Gasteiger partial charge >= 0.3 is 0 Å². The molecule has 8 rings (SSSR count). The Balaban J connectivity index is 1.14. The van der Waals surface area contributed by atoms with Gasteiger partial charge in [0.05, 0.1) is 17.5 Å². The molecule has 3 N–H and O–H groups in total. The number of pyridine rings is 1. The first-order valence-electron chi connectivity index (χ1n) is 18.8.